The fraction of sp³-hybridized carbons (Fsp3) is 0.118. The highest BCUT2D eigenvalue weighted by molar-refractivity contribution is 7.96. The van der Waals surface area contributed by atoms with E-state index in [1.807, 2.05) is 0 Å². The molecule has 3 rings (SSSR count). The number of para-hydroxylation sites is 3. The number of sulfone groups is 1. The number of anilines is 2. The summed E-state index contributed by atoms with van der Waals surface area (Å²) in [5.74, 6) is -1.20. The van der Waals surface area contributed by atoms with E-state index in [0.717, 1.165) is 0 Å². The van der Waals surface area contributed by atoms with Gasteiger partial charge in [-0.1, -0.05) is 24.3 Å². The Morgan fingerprint density at radius 2 is 1.76 bits per heavy atom. The molecule has 1 aliphatic rings. The van der Waals surface area contributed by atoms with Crippen LogP contribution in [0.2, 0.25) is 0 Å². The Balaban J connectivity index is 2.07. The lowest BCUT2D eigenvalue weighted by molar-refractivity contribution is -0.112. The number of aliphatic hydroxyl groups is 1. The third-order valence-corrected chi connectivity index (χ3v) is 5.70. The molecule has 0 saturated carbocycles. The second-order valence-electron chi connectivity index (χ2n) is 5.34. The minimum absolute atomic E-state index is 0.0412. The quantitative estimate of drug-likeness (QED) is 0.872. The number of hydrogen-bond donors (Lipinski definition) is 2. The fourth-order valence-electron chi connectivity index (χ4n) is 2.61. The molecule has 0 fully saturated rings. The first-order chi connectivity index (χ1) is 11.9. The smallest absolute Gasteiger partial charge is 0.273 e. The highest BCUT2D eigenvalue weighted by Crippen LogP contribution is 2.37. The molecule has 25 heavy (non-hydrogen) atoms. The predicted molar refractivity (Wildman–Crippen MR) is 93.3 cm³/mol. The zero-order valence-electron chi connectivity index (χ0n) is 13.6. The summed E-state index contributed by atoms with van der Waals surface area (Å²) in [4.78, 5) is 13.1. The molecule has 1 aliphatic heterocycles. The maximum absolute atomic E-state index is 12.8. The number of hydrogen-bond acceptors (Lipinski definition) is 6. The van der Waals surface area contributed by atoms with E-state index < -0.39 is 26.5 Å². The molecule has 0 unspecified atom stereocenters. The van der Waals surface area contributed by atoms with Crippen molar-refractivity contribution in [3.8, 4) is 5.75 Å². The van der Waals surface area contributed by atoms with Crippen molar-refractivity contribution < 1.29 is 23.1 Å². The summed E-state index contributed by atoms with van der Waals surface area (Å²) in [6, 6.07) is 12.7. The summed E-state index contributed by atoms with van der Waals surface area (Å²) in [5, 5.41) is 12.8. The van der Waals surface area contributed by atoms with Crippen LogP contribution in [0.3, 0.4) is 0 Å². The molecule has 0 spiro atoms. The summed E-state index contributed by atoms with van der Waals surface area (Å²) < 4.78 is 30.8. The molecule has 1 heterocycles. The Bertz CT molecular complexity index is 982. The maximum Gasteiger partial charge on any atom is 0.273 e. The van der Waals surface area contributed by atoms with Gasteiger partial charge < -0.3 is 20.1 Å². The van der Waals surface area contributed by atoms with Crippen molar-refractivity contribution in [1.82, 2.24) is 0 Å². The lowest BCUT2D eigenvalue weighted by Gasteiger charge is -2.28. The van der Waals surface area contributed by atoms with E-state index >= 15 is 0 Å². The van der Waals surface area contributed by atoms with E-state index in [2.05, 4.69) is 5.32 Å². The van der Waals surface area contributed by atoms with Crippen molar-refractivity contribution in [3.63, 3.8) is 0 Å². The number of methoxy groups -OCH3 is 1. The normalized spacial score (nSPS) is 15.5. The minimum Gasteiger partial charge on any atom is -0.495 e. The van der Waals surface area contributed by atoms with Crippen molar-refractivity contribution in [1.29, 1.82) is 0 Å². The number of nitrogens with zero attached hydrogens (tertiary/aromatic N) is 1. The number of amides is 1. The van der Waals surface area contributed by atoms with Gasteiger partial charge in [0, 0.05) is 7.05 Å². The van der Waals surface area contributed by atoms with Crippen LogP contribution in [-0.4, -0.2) is 33.6 Å². The Labute approximate surface area is 145 Å². The summed E-state index contributed by atoms with van der Waals surface area (Å²) in [7, 11) is -1.25. The number of ether oxygens (including phenoxy) is 1. The first kappa shape index (κ1) is 16.8. The summed E-state index contributed by atoms with van der Waals surface area (Å²) in [6.45, 7) is 0. The van der Waals surface area contributed by atoms with Crippen LogP contribution < -0.4 is 15.0 Å². The highest BCUT2D eigenvalue weighted by atomic mass is 32.2. The molecule has 7 nitrogen and oxygen atoms in total. The van der Waals surface area contributed by atoms with E-state index in [0.29, 0.717) is 17.1 Å². The molecule has 0 aromatic heterocycles. The van der Waals surface area contributed by atoms with Gasteiger partial charge in [0.2, 0.25) is 15.7 Å². The van der Waals surface area contributed by atoms with Crippen LogP contribution in [0.1, 0.15) is 0 Å². The molecule has 2 aromatic carbocycles. The van der Waals surface area contributed by atoms with Gasteiger partial charge in [-0.25, -0.2) is 8.42 Å². The third-order valence-electron chi connectivity index (χ3n) is 3.87. The summed E-state index contributed by atoms with van der Waals surface area (Å²) in [5.41, 5.74) is 0.598. The SMILES string of the molecule is COc1ccccc1NC(=O)C1=C(O)N(C)c2ccccc2S1(=O)=O. The monoisotopic (exact) mass is 360 g/mol. The van der Waals surface area contributed by atoms with Gasteiger partial charge in [-0.05, 0) is 24.3 Å². The zero-order valence-corrected chi connectivity index (χ0v) is 14.4. The summed E-state index contributed by atoms with van der Waals surface area (Å²) >= 11 is 0. The molecule has 0 bridgehead atoms. The van der Waals surface area contributed by atoms with Gasteiger partial charge >= 0.3 is 0 Å². The van der Waals surface area contributed by atoms with Crippen LogP contribution in [0.15, 0.2) is 64.2 Å². The third kappa shape index (κ3) is 2.70. The molecular weight excluding hydrogens is 344 g/mol. The van der Waals surface area contributed by atoms with Crippen LogP contribution in [0, 0.1) is 0 Å². The standard InChI is InChI=1S/C17H16N2O5S/c1-19-12-8-4-6-10-14(12)25(22,23)15(17(19)21)16(20)18-11-7-3-5-9-13(11)24-2/h3-10,21H,1-2H3,(H,18,20). The Kier molecular flexibility index (Phi) is 4.13. The number of rotatable bonds is 3. The zero-order chi connectivity index (χ0) is 18.2. The lowest BCUT2D eigenvalue weighted by Crippen LogP contribution is -2.33. The average molecular weight is 360 g/mol. The van der Waals surface area contributed by atoms with Gasteiger partial charge in [0.1, 0.15) is 5.75 Å². The fourth-order valence-corrected chi connectivity index (χ4v) is 4.24. The number of fused-ring (bicyclic) bond motifs is 1. The second kappa shape index (κ2) is 6.14. The van der Waals surface area contributed by atoms with Crippen LogP contribution in [-0.2, 0) is 14.6 Å². The molecule has 2 N–H and O–H groups in total. The largest absolute Gasteiger partial charge is 0.495 e. The molecule has 0 radical (unpaired) electrons. The van der Waals surface area contributed by atoms with Gasteiger partial charge in [-0.15, -0.1) is 0 Å². The minimum atomic E-state index is -4.17. The molecule has 8 heteroatoms. The topological polar surface area (TPSA) is 95.9 Å². The van der Waals surface area contributed by atoms with E-state index in [1.165, 1.54) is 25.1 Å². The molecule has 0 saturated heterocycles. The molecular formula is C17H16N2O5S. The molecule has 130 valence electrons. The lowest BCUT2D eigenvalue weighted by atomic mass is 10.2. The average Bonchev–Trinajstić information content (AvgIpc) is 2.60. The number of carbonyl (C=O) groups is 1. The molecule has 0 atom stereocenters. The van der Waals surface area contributed by atoms with E-state index in [4.69, 9.17) is 4.74 Å². The van der Waals surface area contributed by atoms with Gasteiger partial charge in [0.05, 0.1) is 23.4 Å². The van der Waals surface area contributed by atoms with E-state index in [-0.39, 0.29) is 4.90 Å². The van der Waals surface area contributed by atoms with Gasteiger partial charge in [0.25, 0.3) is 5.91 Å². The number of nitrogens with one attached hydrogen (secondary N) is 1. The van der Waals surface area contributed by atoms with Crippen LogP contribution in [0.5, 0.6) is 5.75 Å². The van der Waals surface area contributed by atoms with Crippen LogP contribution >= 0.6 is 0 Å². The Morgan fingerprint density at radius 3 is 2.48 bits per heavy atom. The number of aliphatic hydroxyl groups excluding tert-OH is 1. The number of benzene rings is 2. The van der Waals surface area contributed by atoms with Crippen LogP contribution in [0.25, 0.3) is 0 Å². The van der Waals surface area contributed by atoms with E-state index in [1.54, 1.807) is 42.5 Å². The van der Waals surface area contributed by atoms with Crippen molar-refractivity contribution in [2.24, 2.45) is 0 Å². The van der Waals surface area contributed by atoms with Gasteiger partial charge in [0.15, 0.2) is 4.91 Å². The van der Waals surface area contributed by atoms with Crippen molar-refractivity contribution in [2.45, 2.75) is 4.90 Å². The number of carbonyl (C=O) groups excluding carboxylic acids is 1. The summed E-state index contributed by atoms with van der Waals surface area (Å²) in [6.07, 6.45) is 0. The first-order valence-corrected chi connectivity index (χ1v) is 8.81. The van der Waals surface area contributed by atoms with Gasteiger partial charge in [-0.2, -0.15) is 0 Å². The highest BCUT2D eigenvalue weighted by Gasteiger charge is 2.39. The van der Waals surface area contributed by atoms with E-state index in [9.17, 15) is 18.3 Å². The maximum atomic E-state index is 12.8. The molecule has 1 amide bonds. The van der Waals surface area contributed by atoms with Gasteiger partial charge in [-0.3, -0.25) is 4.79 Å². The molecule has 0 aliphatic carbocycles. The van der Waals surface area contributed by atoms with Crippen molar-refractivity contribution in [2.75, 3.05) is 24.4 Å². The Morgan fingerprint density at radius 1 is 1.12 bits per heavy atom. The molecule has 2 aromatic rings. The Hall–Kier alpha value is -3.00. The van der Waals surface area contributed by atoms with Crippen molar-refractivity contribution >= 4 is 27.1 Å². The predicted octanol–water partition coefficient (Wildman–Crippen LogP) is 2.28. The van der Waals surface area contributed by atoms with Crippen LogP contribution in [0.4, 0.5) is 11.4 Å². The first-order valence-electron chi connectivity index (χ1n) is 7.33. The van der Waals surface area contributed by atoms with Crippen molar-refractivity contribution in [3.05, 3.63) is 59.3 Å². The second-order valence-corrected chi connectivity index (χ2v) is 7.19.